The van der Waals surface area contributed by atoms with Gasteiger partial charge in [0, 0.05) is 6.20 Å². The number of aryl methyl sites for hydroxylation is 1. The van der Waals surface area contributed by atoms with Crippen LogP contribution in [-0.2, 0) is 6.54 Å². The van der Waals surface area contributed by atoms with E-state index in [0.717, 1.165) is 5.69 Å². The van der Waals surface area contributed by atoms with Gasteiger partial charge in [-0.15, -0.1) is 0 Å². The predicted molar refractivity (Wildman–Crippen MR) is 66.6 cm³/mol. The number of hydrogen-bond acceptors (Lipinski definition) is 3. The first kappa shape index (κ1) is 11.9. The van der Waals surface area contributed by atoms with Gasteiger partial charge in [-0.3, -0.25) is 9.78 Å². The number of nitrogens with zero attached hydrogens (tertiary/aromatic N) is 1. The van der Waals surface area contributed by atoms with Crippen LogP contribution in [0, 0.1) is 6.92 Å². The van der Waals surface area contributed by atoms with Gasteiger partial charge in [-0.2, -0.15) is 0 Å². The van der Waals surface area contributed by atoms with Gasteiger partial charge in [0.1, 0.15) is 5.76 Å². The van der Waals surface area contributed by atoms with E-state index in [1.807, 2.05) is 18.2 Å². The number of hydrogen-bond donors (Lipinski definition) is 1. The van der Waals surface area contributed by atoms with Crippen LogP contribution < -0.4 is 5.32 Å². The van der Waals surface area contributed by atoms with Crippen LogP contribution in [0.15, 0.2) is 39.4 Å². The SMILES string of the molecule is Cc1cc(Br)c(C(=O)NCc2ccccn2)o1. The topological polar surface area (TPSA) is 55.1 Å². The van der Waals surface area contributed by atoms with Crippen LogP contribution in [0.5, 0.6) is 0 Å². The van der Waals surface area contributed by atoms with E-state index in [-0.39, 0.29) is 5.91 Å². The Bertz CT molecular complexity index is 523. The van der Waals surface area contributed by atoms with E-state index in [0.29, 0.717) is 22.5 Å². The molecule has 5 heteroatoms. The van der Waals surface area contributed by atoms with Gasteiger partial charge >= 0.3 is 0 Å². The Morgan fingerprint density at radius 2 is 2.35 bits per heavy atom. The summed E-state index contributed by atoms with van der Waals surface area (Å²) < 4.78 is 5.95. The highest BCUT2D eigenvalue weighted by Crippen LogP contribution is 2.20. The maximum atomic E-state index is 11.8. The van der Waals surface area contributed by atoms with E-state index in [1.54, 1.807) is 19.2 Å². The molecule has 0 saturated heterocycles. The number of furan rings is 1. The van der Waals surface area contributed by atoms with Crippen molar-refractivity contribution < 1.29 is 9.21 Å². The Labute approximate surface area is 107 Å². The lowest BCUT2D eigenvalue weighted by molar-refractivity contribution is 0.0920. The van der Waals surface area contributed by atoms with Crippen molar-refractivity contribution in [3.05, 3.63) is 52.1 Å². The number of aromatic nitrogens is 1. The second kappa shape index (κ2) is 5.14. The van der Waals surface area contributed by atoms with Crippen molar-refractivity contribution in [1.82, 2.24) is 10.3 Å². The molecule has 2 rings (SSSR count). The third kappa shape index (κ3) is 2.94. The number of halogens is 1. The van der Waals surface area contributed by atoms with Crippen molar-refractivity contribution >= 4 is 21.8 Å². The molecule has 0 aromatic carbocycles. The van der Waals surface area contributed by atoms with E-state index in [4.69, 9.17) is 4.42 Å². The van der Waals surface area contributed by atoms with Crippen LogP contribution in [0.3, 0.4) is 0 Å². The molecule has 0 fully saturated rings. The number of nitrogens with one attached hydrogen (secondary N) is 1. The molecule has 0 aliphatic carbocycles. The highest BCUT2D eigenvalue weighted by atomic mass is 79.9. The first-order valence-electron chi connectivity index (χ1n) is 5.11. The van der Waals surface area contributed by atoms with Crippen LogP contribution in [0.4, 0.5) is 0 Å². The molecule has 2 aromatic heterocycles. The number of amides is 1. The molecule has 0 atom stereocenters. The normalized spacial score (nSPS) is 10.2. The van der Waals surface area contributed by atoms with Gasteiger partial charge in [0.25, 0.3) is 5.91 Å². The Balaban J connectivity index is 2.01. The zero-order valence-electron chi connectivity index (χ0n) is 9.24. The first-order chi connectivity index (χ1) is 8.16. The van der Waals surface area contributed by atoms with Crippen molar-refractivity contribution in [1.29, 1.82) is 0 Å². The molecule has 0 saturated carbocycles. The second-order valence-electron chi connectivity index (χ2n) is 3.54. The maximum absolute atomic E-state index is 11.8. The fourth-order valence-corrected chi connectivity index (χ4v) is 1.98. The summed E-state index contributed by atoms with van der Waals surface area (Å²) >= 11 is 3.27. The Morgan fingerprint density at radius 1 is 1.53 bits per heavy atom. The average molecular weight is 295 g/mol. The van der Waals surface area contributed by atoms with Gasteiger partial charge in [0.2, 0.25) is 5.76 Å². The van der Waals surface area contributed by atoms with E-state index in [1.165, 1.54) is 0 Å². The smallest absolute Gasteiger partial charge is 0.288 e. The van der Waals surface area contributed by atoms with E-state index in [2.05, 4.69) is 26.2 Å². The summed E-state index contributed by atoms with van der Waals surface area (Å²) in [4.78, 5) is 15.9. The molecule has 4 nitrogen and oxygen atoms in total. The number of rotatable bonds is 3. The third-order valence-corrected chi connectivity index (χ3v) is 2.76. The Kier molecular flexibility index (Phi) is 3.58. The van der Waals surface area contributed by atoms with Crippen LogP contribution in [0.1, 0.15) is 22.0 Å². The minimum Gasteiger partial charge on any atom is -0.455 e. The van der Waals surface area contributed by atoms with E-state index in [9.17, 15) is 4.79 Å². The lowest BCUT2D eigenvalue weighted by Gasteiger charge is -2.02. The molecule has 2 heterocycles. The van der Waals surface area contributed by atoms with Crippen LogP contribution >= 0.6 is 15.9 Å². The summed E-state index contributed by atoms with van der Waals surface area (Å²) in [5.74, 6) is 0.730. The molecule has 0 spiro atoms. The van der Waals surface area contributed by atoms with Gasteiger partial charge in [0.05, 0.1) is 16.7 Å². The molecule has 1 amide bonds. The van der Waals surface area contributed by atoms with Crippen molar-refractivity contribution in [2.45, 2.75) is 13.5 Å². The van der Waals surface area contributed by atoms with Gasteiger partial charge < -0.3 is 9.73 Å². The summed E-state index contributed by atoms with van der Waals surface area (Å²) in [5.41, 5.74) is 0.806. The minimum absolute atomic E-state index is 0.254. The van der Waals surface area contributed by atoms with Crippen molar-refractivity contribution in [2.75, 3.05) is 0 Å². The molecule has 0 aliphatic rings. The molecule has 0 aliphatic heterocycles. The molecular weight excluding hydrogens is 284 g/mol. The van der Waals surface area contributed by atoms with Crippen molar-refractivity contribution in [3.63, 3.8) is 0 Å². The largest absolute Gasteiger partial charge is 0.455 e. The second-order valence-corrected chi connectivity index (χ2v) is 4.39. The lowest BCUT2D eigenvalue weighted by Crippen LogP contribution is -2.23. The van der Waals surface area contributed by atoms with Gasteiger partial charge in [-0.1, -0.05) is 6.07 Å². The monoisotopic (exact) mass is 294 g/mol. The fourth-order valence-electron chi connectivity index (χ4n) is 1.39. The van der Waals surface area contributed by atoms with Gasteiger partial charge in [-0.05, 0) is 41.1 Å². The molecule has 17 heavy (non-hydrogen) atoms. The third-order valence-electron chi connectivity index (χ3n) is 2.17. The van der Waals surface area contributed by atoms with Crippen LogP contribution in [0.2, 0.25) is 0 Å². The summed E-state index contributed by atoms with van der Waals surface area (Å²) in [7, 11) is 0. The number of carbonyl (C=O) groups excluding carboxylic acids is 1. The van der Waals surface area contributed by atoms with Crippen LogP contribution in [0.25, 0.3) is 0 Å². The Hall–Kier alpha value is -1.62. The fraction of sp³-hybridized carbons (Fsp3) is 0.167. The zero-order chi connectivity index (χ0) is 12.3. The summed E-state index contributed by atoms with van der Waals surface area (Å²) in [6.45, 7) is 2.17. The van der Waals surface area contributed by atoms with E-state index < -0.39 is 0 Å². The van der Waals surface area contributed by atoms with E-state index >= 15 is 0 Å². The number of pyridine rings is 1. The predicted octanol–water partition coefficient (Wildman–Crippen LogP) is 2.68. The van der Waals surface area contributed by atoms with Gasteiger partial charge in [0.15, 0.2) is 0 Å². The maximum Gasteiger partial charge on any atom is 0.288 e. The molecule has 2 aromatic rings. The first-order valence-corrected chi connectivity index (χ1v) is 5.90. The molecule has 0 unspecified atom stereocenters. The Morgan fingerprint density at radius 3 is 2.94 bits per heavy atom. The zero-order valence-corrected chi connectivity index (χ0v) is 10.8. The lowest BCUT2D eigenvalue weighted by atomic mass is 10.3. The number of carbonyl (C=O) groups is 1. The highest BCUT2D eigenvalue weighted by Gasteiger charge is 2.15. The quantitative estimate of drug-likeness (QED) is 0.947. The highest BCUT2D eigenvalue weighted by molar-refractivity contribution is 9.10. The summed E-state index contributed by atoms with van der Waals surface area (Å²) in [6, 6.07) is 7.32. The molecule has 0 bridgehead atoms. The summed E-state index contributed by atoms with van der Waals surface area (Å²) in [6.07, 6.45) is 1.69. The van der Waals surface area contributed by atoms with Crippen molar-refractivity contribution in [3.8, 4) is 0 Å². The van der Waals surface area contributed by atoms with Crippen LogP contribution in [-0.4, -0.2) is 10.9 Å². The van der Waals surface area contributed by atoms with Crippen molar-refractivity contribution in [2.24, 2.45) is 0 Å². The molecule has 0 radical (unpaired) electrons. The molecule has 1 N–H and O–H groups in total. The average Bonchev–Trinajstić information content (AvgIpc) is 2.67. The molecular formula is C12H11BrN2O2. The summed E-state index contributed by atoms with van der Waals surface area (Å²) in [5, 5.41) is 2.74. The standard InChI is InChI=1S/C12H11BrN2O2/c1-8-6-10(13)11(17-8)12(16)15-7-9-4-2-3-5-14-9/h2-6H,7H2,1H3,(H,15,16). The van der Waals surface area contributed by atoms with Gasteiger partial charge in [-0.25, -0.2) is 0 Å². The molecule has 88 valence electrons. The minimum atomic E-state index is -0.254.